The summed E-state index contributed by atoms with van der Waals surface area (Å²) in [6.07, 6.45) is -3.64. The second-order valence-electron chi connectivity index (χ2n) is 5.95. The van der Waals surface area contributed by atoms with Crippen molar-refractivity contribution in [3.05, 3.63) is 71.3 Å². The van der Waals surface area contributed by atoms with E-state index >= 15 is 0 Å². The van der Waals surface area contributed by atoms with E-state index in [1.165, 1.54) is 50.2 Å². The van der Waals surface area contributed by atoms with Crippen LogP contribution >= 0.6 is 0 Å². The summed E-state index contributed by atoms with van der Waals surface area (Å²) in [5, 5.41) is 4.67. The van der Waals surface area contributed by atoms with E-state index in [1.807, 2.05) is 0 Å². The van der Waals surface area contributed by atoms with Gasteiger partial charge in [-0.25, -0.2) is 0 Å². The third-order valence-electron chi connectivity index (χ3n) is 3.75. The second kappa shape index (κ2) is 8.51. The smallest absolute Gasteiger partial charge is 0.323 e. The predicted molar refractivity (Wildman–Crippen MR) is 98.9 cm³/mol. The van der Waals surface area contributed by atoms with Crippen LogP contribution in [0.25, 0.3) is 0 Å². The summed E-state index contributed by atoms with van der Waals surface area (Å²) in [4.78, 5) is 35.4. The van der Waals surface area contributed by atoms with Crippen molar-refractivity contribution in [1.29, 1.82) is 0 Å². The van der Waals surface area contributed by atoms with E-state index in [9.17, 15) is 27.6 Å². The van der Waals surface area contributed by atoms with E-state index in [4.69, 9.17) is 0 Å². The second-order valence-corrected chi connectivity index (χ2v) is 5.95. The number of nitrogens with one attached hydrogen (secondary N) is 2. The third-order valence-corrected chi connectivity index (χ3v) is 3.75. The van der Waals surface area contributed by atoms with Gasteiger partial charge in [0, 0.05) is 22.9 Å². The van der Waals surface area contributed by atoms with Crippen molar-refractivity contribution in [2.75, 3.05) is 10.6 Å². The summed E-state index contributed by atoms with van der Waals surface area (Å²) in [5.74, 6) is -1.59. The lowest BCUT2D eigenvalue weighted by atomic mass is 10.1. The number of halogens is 3. The highest BCUT2D eigenvalue weighted by atomic mass is 19.4. The fourth-order valence-electron chi connectivity index (χ4n) is 2.29. The Labute approximate surface area is 159 Å². The lowest BCUT2D eigenvalue weighted by molar-refractivity contribution is -0.137. The molecule has 0 aliphatic carbocycles. The van der Waals surface area contributed by atoms with Crippen LogP contribution in [0.4, 0.5) is 24.5 Å². The van der Waals surface area contributed by atoms with Crippen molar-refractivity contribution in [2.24, 2.45) is 0 Å². The van der Waals surface area contributed by atoms with Gasteiger partial charge in [0.15, 0.2) is 5.78 Å². The van der Waals surface area contributed by atoms with Crippen molar-refractivity contribution in [3.63, 3.8) is 0 Å². The molecule has 146 valence electrons. The van der Waals surface area contributed by atoms with Crippen molar-refractivity contribution >= 4 is 29.0 Å². The normalized spacial score (nSPS) is 11.7. The lowest BCUT2D eigenvalue weighted by Crippen LogP contribution is -2.18. The number of Topliss-reactive ketones (excluding diaryl/α,β-unsaturated/α-hetero) is 1. The molecule has 8 heteroatoms. The molecule has 0 spiro atoms. The van der Waals surface area contributed by atoms with Gasteiger partial charge in [-0.2, -0.15) is 13.2 Å². The zero-order valence-corrected chi connectivity index (χ0v) is 15.1. The summed E-state index contributed by atoms with van der Waals surface area (Å²) in [6.45, 7) is 2.72. The fourth-order valence-corrected chi connectivity index (χ4v) is 2.29. The Morgan fingerprint density at radius 3 is 2.07 bits per heavy atom. The summed E-state index contributed by atoms with van der Waals surface area (Å²) in [6, 6.07) is 10.7. The van der Waals surface area contributed by atoms with Gasteiger partial charge in [-0.05, 0) is 50.2 Å². The molecule has 0 aliphatic rings. The van der Waals surface area contributed by atoms with Crippen LogP contribution in [-0.2, 0) is 15.8 Å². The van der Waals surface area contributed by atoms with Gasteiger partial charge in [-0.3, -0.25) is 14.4 Å². The summed E-state index contributed by atoms with van der Waals surface area (Å²) < 4.78 is 38.9. The molecule has 0 aliphatic heterocycles. The average Bonchev–Trinajstić information content (AvgIpc) is 2.61. The number of amides is 2. The van der Waals surface area contributed by atoms with Crippen LogP contribution in [0.2, 0.25) is 0 Å². The van der Waals surface area contributed by atoms with Gasteiger partial charge in [0.25, 0.3) is 5.91 Å². The van der Waals surface area contributed by atoms with Gasteiger partial charge >= 0.3 is 6.18 Å². The number of hydrogen-bond acceptors (Lipinski definition) is 3. The number of hydrogen-bond donors (Lipinski definition) is 2. The highest BCUT2D eigenvalue weighted by Gasteiger charge is 2.33. The highest BCUT2D eigenvalue weighted by molar-refractivity contribution is 6.10. The highest BCUT2D eigenvalue weighted by Crippen LogP contribution is 2.34. The predicted octanol–water partition coefficient (Wildman–Crippen LogP) is 4.43. The molecule has 0 bridgehead atoms. The molecule has 2 rings (SSSR count). The molecule has 0 radical (unpaired) electrons. The standard InChI is InChI=1S/C20H17F3N2O3/c1-12(11-18(27)24-15-9-7-14(8-10-15)13(2)26)19(28)25-17-6-4-3-5-16(17)20(21,22)23/h3-11H,1-2H3,(H,24,27)(H,25,28)/b12-11+. The number of benzene rings is 2. The fraction of sp³-hybridized carbons (Fsp3) is 0.150. The first-order valence-corrected chi connectivity index (χ1v) is 8.16. The molecule has 5 nitrogen and oxygen atoms in total. The maximum Gasteiger partial charge on any atom is 0.418 e. The van der Waals surface area contributed by atoms with E-state index in [0.717, 1.165) is 18.2 Å². The molecule has 0 saturated heterocycles. The molecule has 0 fully saturated rings. The molecular weight excluding hydrogens is 373 g/mol. The number of carbonyl (C=O) groups excluding carboxylic acids is 3. The first kappa shape index (κ1) is 20.9. The monoisotopic (exact) mass is 390 g/mol. The summed E-state index contributed by atoms with van der Waals surface area (Å²) in [5.41, 5.74) is -0.566. The Bertz CT molecular complexity index is 932. The average molecular weight is 390 g/mol. The number of anilines is 2. The maximum atomic E-state index is 13.0. The maximum absolute atomic E-state index is 13.0. The van der Waals surface area contributed by atoms with E-state index in [0.29, 0.717) is 11.3 Å². The Morgan fingerprint density at radius 2 is 1.50 bits per heavy atom. The molecule has 0 heterocycles. The zero-order chi connectivity index (χ0) is 20.9. The SMILES string of the molecule is CC(=O)c1ccc(NC(=O)/C=C(\C)C(=O)Nc2ccccc2C(F)(F)F)cc1. The number of carbonyl (C=O) groups is 3. The quantitative estimate of drug-likeness (QED) is 0.586. The topological polar surface area (TPSA) is 75.3 Å². The van der Waals surface area contributed by atoms with E-state index in [1.54, 1.807) is 0 Å². The van der Waals surface area contributed by atoms with Crippen LogP contribution < -0.4 is 10.6 Å². The van der Waals surface area contributed by atoms with E-state index < -0.39 is 29.2 Å². The molecule has 0 saturated carbocycles. The van der Waals surface area contributed by atoms with Crippen molar-refractivity contribution in [1.82, 2.24) is 0 Å². The van der Waals surface area contributed by atoms with Crippen molar-refractivity contribution < 1.29 is 27.6 Å². The van der Waals surface area contributed by atoms with E-state index in [2.05, 4.69) is 10.6 Å². The first-order chi connectivity index (χ1) is 13.1. The van der Waals surface area contributed by atoms with Gasteiger partial charge in [0.2, 0.25) is 5.91 Å². The number of rotatable bonds is 5. The zero-order valence-electron chi connectivity index (χ0n) is 15.1. The Hall–Kier alpha value is -3.42. The lowest BCUT2D eigenvalue weighted by Gasteiger charge is -2.13. The first-order valence-electron chi connectivity index (χ1n) is 8.16. The number of para-hydroxylation sites is 1. The Balaban J connectivity index is 2.07. The van der Waals surface area contributed by atoms with Crippen molar-refractivity contribution in [2.45, 2.75) is 20.0 Å². The minimum absolute atomic E-state index is 0.0742. The van der Waals surface area contributed by atoms with Gasteiger partial charge in [-0.15, -0.1) is 0 Å². The van der Waals surface area contributed by atoms with Crippen LogP contribution in [0.3, 0.4) is 0 Å². The minimum atomic E-state index is -4.62. The van der Waals surface area contributed by atoms with Crippen LogP contribution in [0.5, 0.6) is 0 Å². The Kier molecular flexibility index (Phi) is 6.35. The molecule has 0 aromatic heterocycles. The van der Waals surface area contributed by atoms with Gasteiger partial charge < -0.3 is 10.6 Å². The summed E-state index contributed by atoms with van der Waals surface area (Å²) in [7, 11) is 0. The van der Waals surface area contributed by atoms with Crippen LogP contribution in [-0.4, -0.2) is 17.6 Å². The molecule has 2 aromatic rings. The molecule has 2 amide bonds. The van der Waals surface area contributed by atoms with Gasteiger partial charge in [-0.1, -0.05) is 12.1 Å². The van der Waals surface area contributed by atoms with Crippen molar-refractivity contribution in [3.8, 4) is 0 Å². The largest absolute Gasteiger partial charge is 0.418 e. The molecule has 0 atom stereocenters. The molecule has 28 heavy (non-hydrogen) atoms. The molecule has 2 N–H and O–H groups in total. The number of alkyl halides is 3. The van der Waals surface area contributed by atoms with Crippen LogP contribution in [0.15, 0.2) is 60.2 Å². The van der Waals surface area contributed by atoms with Crippen LogP contribution in [0, 0.1) is 0 Å². The van der Waals surface area contributed by atoms with E-state index in [-0.39, 0.29) is 11.4 Å². The molecular formula is C20H17F3N2O3. The van der Waals surface area contributed by atoms with Gasteiger partial charge in [0.05, 0.1) is 11.3 Å². The third kappa shape index (κ3) is 5.54. The molecule has 0 unspecified atom stereocenters. The Morgan fingerprint density at radius 1 is 0.893 bits per heavy atom. The van der Waals surface area contributed by atoms with Crippen LogP contribution in [0.1, 0.15) is 29.8 Å². The van der Waals surface area contributed by atoms with Gasteiger partial charge in [0.1, 0.15) is 0 Å². The molecule has 2 aromatic carbocycles. The number of ketones is 1. The summed E-state index contributed by atoms with van der Waals surface area (Å²) >= 11 is 0. The minimum Gasteiger partial charge on any atom is -0.323 e.